The number of aromatic nitrogens is 1. The fraction of sp³-hybridized carbons (Fsp3) is 0.741. The minimum absolute atomic E-state index is 0.156. The maximum Gasteiger partial charge on any atom is 0.326 e. The third kappa shape index (κ3) is 11.9. The van der Waals surface area contributed by atoms with Crippen LogP contribution in [0.15, 0.2) is 12.1 Å². The molecule has 1 atom stereocenters. The highest BCUT2D eigenvalue weighted by Crippen LogP contribution is 2.20. The number of rotatable bonds is 15. The summed E-state index contributed by atoms with van der Waals surface area (Å²) in [5, 5.41) is 15.7. The number of hydrogen-bond donors (Lipinski definition) is 3. The van der Waals surface area contributed by atoms with Gasteiger partial charge >= 0.3 is 5.97 Å². The summed E-state index contributed by atoms with van der Waals surface area (Å²) in [6.45, 7) is 13.7. The van der Waals surface area contributed by atoms with Crippen molar-refractivity contribution in [2.75, 3.05) is 38.1 Å². The second kappa shape index (κ2) is 14.4. The number of hydrogen-bond acceptors (Lipinski definition) is 6. The Balaban J connectivity index is 1.84. The van der Waals surface area contributed by atoms with E-state index in [0.717, 1.165) is 63.3 Å². The lowest BCUT2D eigenvalue weighted by atomic mass is 9.92. The second-order valence-corrected chi connectivity index (χ2v) is 11.0. The molecule has 2 rings (SSSR count). The largest absolute Gasteiger partial charge is 0.480 e. The molecule has 8 heteroatoms. The Morgan fingerprint density at radius 2 is 1.97 bits per heavy atom. The number of ether oxygens (including phenoxy) is 1. The number of unbranched alkanes of at least 4 members (excludes halogenated alkanes) is 1. The van der Waals surface area contributed by atoms with Gasteiger partial charge in [0.1, 0.15) is 11.9 Å². The molecule has 198 valence electrons. The van der Waals surface area contributed by atoms with Crippen LogP contribution in [0.1, 0.15) is 78.0 Å². The molecule has 0 bridgehead atoms. The summed E-state index contributed by atoms with van der Waals surface area (Å²) in [4.78, 5) is 31.1. The molecular weight excluding hydrogens is 444 g/mol. The molecule has 1 aliphatic heterocycles. The summed E-state index contributed by atoms with van der Waals surface area (Å²) in [6.07, 6.45) is 6.00. The van der Waals surface area contributed by atoms with Gasteiger partial charge < -0.3 is 25.4 Å². The first-order chi connectivity index (χ1) is 16.5. The lowest BCUT2D eigenvalue weighted by Gasteiger charge is -2.25. The number of carboxylic acid groups (broad SMARTS) is 1. The van der Waals surface area contributed by atoms with Gasteiger partial charge in [0, 0.05) is 31.7 Å². The number of aliphatic carboxylic acids is 1. The van der Waals surface area contributed by atoms with Crippen LogP contribution in [0.4, 0.5) is 5.82 Å². The molecule has 0 spiro atoms. The highest BCUT2D eigenvalue weighted by atomic mass is 16.5. The molecule has 0 fully saturated rings. The standard InChI is InChI=1S/C27H46N4O4/c1-20(2)35-18-17-31(16-13-23(26(33)34)30-24(32)19-27(3,4)5)15-7-6-10-22-12-11-21-9-8-14-28-25(21)29-22/h11-12,20,23H,6-10,13-19H2,1-5H3,(H,28,29)(H,30,32)(H,33,34). The molecule has 3 N–H and O–H groups in total. The summed E-state index contributed by atoms with van der Waals surface area (Å²) >= 11 is 0. The SMILES string of the molecule is CC(C)OCCN(CCCCc1ccc2c(n1)NCCC2)CCC(NC(=O)CC(C)(C)C)C(=O)O. The van der Waals surface area contributed by atoms with Gasteiger partial charge in [0.25, 0.3) is 0 Å². The van der Waals surface area contributed by atoms with Gasteiger partial charge in [-0.15, -0.1) is 0 Å². The number of carboxylic acids is 1. The fourth-order valence-electron chi connectivity index (χ4n) is 4.20. The number of fused-ring (bicyclic) bond motifs is 1. The zero-order chi connectivity index (χ0) is 25.8. The van der Waals surface area contributed by atoms with Crippen LogP contribution in [-0.4, -0.2) is 71.8 Å². The first-order valence-electron chi connectivity index (χ1n) is 13.1. The minimum atomic E-state index is -0.988. The number of carbonyl (C=O) groups excluding carboxylic acids is 1. The van der Waals surface area contributed by atoms with E-state index in [1.54, 1.807) is 0 Å². The molecule has 8 nitrogen and oxygen atoms in total. The van der Waals surface area contributed by atoms with Crippen molar-refractivity contribution in [3.8, 4) is 0 Å². The number of nitrogens with zero attached hydrogens (tertiary/aromatic N) is 2. The minimum Gasteiger partial charge on any atom is -0.480 e. The van der Waals surface area contributed by atoms with Crippen LogP contribution < -0.4 is 10.6 Å². The van der Waals surface area contributed by atoms with Gasteiger partial charge in [0.15, 0.2) is 0 Å². The van der Waals surface area contributed by atoms with Crippen molar-refractivity contribution in [2.45, 2.75) is 91.7 Å². The van der Waals surface area contributed by atoms with Crippen molar-refractivity contribution in [1.82, 2.24) is 15.2 Å². The molecule has 0 aromatic carbocycles. The Morgan fingerprint density at radius 1 is 1.20 bits per heavy atom. The van der Waals surface area contributed by atoms with Crippen molar-refractivity contribution < 1.29 is 19.4 Å². The van der Waals surface area contributed by atoms with Gasteiger partial charge in [0.2, 0.25) is 5.91 Å². The van der Waals surface area contributed by atoms with E-state index < -0.39 is 12.0 Å². The molecule has 0 aliphatic carbocycles. The Kier molecular flexibility index (Phi) is 11.9. The third-order valence-electron chi connectivity index (χ3n) is 6.03. The summed E-state index contributed by atoms with van der Waals surface area (Å²) in [7, 11) is 0. The van der Waals surface area contributed by atoms with Crippen molar-refractivity contribution in [2.24, 2.45) is 5.41 Å². The van der Waals surface area contributed by atoms with Crippen molar-refractivity contribution >= 4 is 17.7 Å². The van der Waals surface area contributed by atoms with E-state index in [0.29, 0.717) is 26.0 Å². The molecule has 0 radical (unpaired) electrons. The molecule has 0 saturated heterocycles. The number of aryl methyl sites for hydroxylation is 2. The van der Waals surface area contributed by atoms with Crippen molar-refractivity contribution in [1.29, 1.82) is 0 Å². The molecule has 1 aromatic rings. The highest BCUT2D eigenvalue weighted by molar-refractivity contribution is 5.83. The van der Waals surface area contributed by atoms with Gasteiger partial charge in [0.05, 0.1) is 12.7 Å². The summed E-state index contributed by atoms with van der Waals surface area (Å²) in [6, 6.07) is 3.45. The molecule has 0 saturated carbocycles. The maximum atomic E-state index is 12.3. The van der Waals surface area contributed by atoms with E-state index in [1.165, 1.54) is 5.56 Å². The van der Waals surface area contributed by atoms with Crippen LogP contribution in [0.5, 0.6) is 0 Å². The molecule has 1 unspecified atom stereocenters. The second-order valence-electron chi connectivity index (χ2n) is 11.0. The Hall–Kier alpha value is -2.19. The van der Waals surface area contributed by atoms with Crippen molar-refractivity contribution in [3.05, 3.63) is 23.4 Å². The smallest absolute Gasteiger partial charge is 0.326 e. The quantitative estimate of drug-likeness (QED) is 0.321. The van der Waals surface area contributed by atoms with Crippen molar-refractivity contribution in [3.63, 3.8) is 0 Å². The Labute approximate surface area is 211 Å². The number of pyridine rings is 1. The lowest BCUT2D eigenvalue weighted by Crippen LogP contribution is -2.44. The van der Waals surface area contributed by atoms with E-state index in [1.807, 2.05) is 34.6 Å². The van der Waals surface area contributed by atoms with Gasteiger partial charge in [-0.3, -0.25) is 4.79 Å². The van der Waals surface area contributed by atoms with Crippen LogP contribution in [0.25, 0.3) is 0 Å². The van der Waals surface area contributed by atoms with Crippen LogP contribution in [0, 0.1) is 5.41 Å². The van der Waals surface area contributed by atoms with Crippen LogP contribution in [0.3, 0.4) is 0 Å². The number of amides is 1. The van der Waals surface area contributed by atoms with E-state index in [9.17, 15) is 14.7 Å². The van der Waals surface area contributed by atoms with Crippen LogP contribution in [-0.2, 0) is 27.2 Å². The van der Waals surface area contributed by atoms with Gasteiger partial charge in [-0.2, -0.15) is 0 Å². The Morgan fingerprint density at radius 3 is 2.66 bits per heavy atom. The van der Waals surface area contributed by atoms with E-state index in [4.69, 9.17) is 9.72 Å². The zero-order valence-corrected chi connectivity index (χ0v) is 22.4. The molecule has 2 heterocycles. The average molecular weight is 491 g/mol. The lowest BCUT2D eigenvalue weighted by molar-refractivity contribution is -0.142. The Bertz CT molecular complexity index is 807. The molecule has 1 aliphatic rings. The monoisotopic (exact) mass is 490 g/mol. The molecule has 1 aromatic heterocycles. The topological polar surface area (TPSA) is 104 Å². The molecular formula is C27H46N4O4. The van der Waals surface area contributed by atoms with E-state index >= 15 is 0 Å². The van der Waals surface area contributed by atoms with Gasteiger partial charge in [-0.1, -0.05) is 26.8 Å². The predicted octanol–water partition coefficient (Wildman–Crippen LogP) is 3.89. The predicted molar refractivity (Wildman–Crippen MR) is 140 cm³/mol. The molecule has 1 amide bonds. The normalized spacial score (nSPS) is 14.5. The number of carbonyl (C=O) groups is 2. The third-order valence-corrected chi connectivity index (χ3v) is 6.03. The van der Waals surface area contributed by atoms with Gasteiger partial charge in [-0.25, -0.2) is 9.78 Å². The number of anilines is 1. The first-order valence-corrected chi connectivity index (χ1v) is 13.1. The van der Waals surface area contributed by atoms with E-state index in [2.05, 4.69) is 27.7 Å². The number of nitrogens with one attached hydrogen (secondary N) is 2. The average Bonchev–Trinajstić information content (AvgIpc) is 2.77. The maximum absolute atomic E-state index is 12.3. The molecule has 35 heavy (non-hydrogen) atoms. The summed E-state index contributed by atoms with van der Waals surface area (Å²) < 4.78 is 5.73. The summed E-state index contributed by atoms with van der Waals surface area (Å²) in [5.74, 6) is -0.168. The first kappa shape index (κ1) is 29.0. The van der Waals surface area contributed by atoms with Crippen LogP contribution in [0.2, 0.25) is 0 Å². The zero-order valence-electron chi connectivity index (χ0n) is 22.4. The van der Waals surface area contributed by atoms with Gasteiger partial charge in [-0.05, 0) is 76.0 Å². The van der Waals surface area contributed by atoms with E-state index in [-0.39, 0.29) is 17.4 Å². The fourth-order valence-corrected chi connectivity index (χ4v) is 4.20. The van der Waals surface area contributed by atoms with Crippen LogP contribution >= 0.6 is 0 Å². The summed E-state index contributed by atoms with van der Waals surface area (Å²) in [5.41, 5.74) is 2.23. The highest BCUT2D eigenvalue weighted by Gasteiger charge is 2.24.